The van der Waals surface area contributed by atoms with Crippen LogP contribution in [-0.4, -0.2) is 36.1 Å². The van der Waals surface area contributed by atoms with Gasteiger partial charge in [-0.3, -0.25) is 15.0 Å². The second-order valence-electron chi connectivity index (χ2n) is 5.53. The molecular formula is C16H17N3O4. The standard InChI is InChI=1S/C16H17N3O4/c1-4-23-16(22)13-11-12(17-18-13)15(21)19(14(11)20)10-7-5-6-8(2)9(10)3/h5-7,11-12,17H,4H2,1-3H3/t11-,12+/m1/s1. The minimum Gasteiger partial charge on any atom is -0.461 e. The zero-order valence-corrected chi connectivity index (χ0v) is 13.1. The van der Waals surface area contributed by atoms with Gasteiger partial charge in [-0.25, -0.2) is 9.69 Å². The van der Waals surface area contributed by atoms with E-state index in [0.717, 1.165) is 16.0 Å². The van der Waals surface area contributed by atoms with Crippen molar-refractivity contribution >= 4 is 29.2 Å². The third-order valence-corrected chi connectivity index (χ3v) is 4.23. The maximum Gasteiger partial charge on any atom is 0.355 e. The lowest BCUT2D eigenvalue weighted by atomic mass is 9.99. The van der Waals surface area contributed by atoms with Crippen LogP contribution in [0.15, 0.2) is 23.3 Å². The molecule has 0 saturated carbocycles. The van der Waals surface area contributed by atoms with E-state index in [-0.39, 0.29) is 12.3 Å². The Labute approximate surface area is 133 Å². The van der Waals surface area contributed by atoms with Gasteiger partial charge in [-0.2, -0.15) is 5.10 Å². The van der Waals surface area contributed by atoms with E-state index in [2.05, 4.69) is 10.5 Å². The van der Waals surface area contributed by atoms with Crippen LogP contribution in [0.5, 0.6) is 0 Å². The summed E-state index contributed by atoms with van der Waals surface area (Å²) in [5, 5.41) is 3.83. The first-order valence-electron chi connectivity index (χ1n) is 7.41. The Hall–Kier alpha value is -2.70. The van der Waals surface area contributed by atoms with Gasteiger partial charge in [0.2, 0.25) is 5.91 Å². The number of rotatable bonds is 3. The van der Waals surface area contributed by atoms with Gasteiger partial charge >= 0.3 is 5.97 Å². The van der Waals surface area contributed by atoms with Gasteiger partial charge in [0.15, 0.2) is 5.71 Å². The Balaban J connectivity index is 1.97. The molecule has 2 aliphatic rings. The lowest BCUT2D eigenvalue weighted by molar-refractivity contribution is -0.136. The molecule has 120 valence electrons. The van der Waals surface area contributed by atoms with Gasteiger partial charge in [-0.15, -0.1) is 0 Å². The van der Waals surface area contributed by atoms with E-state index in [1.54, 1.807) is 19.1 Å². The summed E-state index contributed by atoms with van der Waals surface area (Å²) in [5.74, 6) is -2.46. The molecule has 0 radical (unpaired) electrons. The van der Waals surface area contributed by atoms with Crippen LogP contribution in [0.1, 0.15) is 18.1 Å². The number of anilines is 1. The zero-order valence-electron chi connectivity index (χ0n) is 13.1. The molecule has 0 aliphatic carbocycles. The van der Waals surface area contributed by atoms with E-state index >= 15 is 0 Å². The van der Waals surface area contributed by atoms with Gasteiger partial charge in [-0.1, -0.05) is 12.1 Å². The number of carbonyl (C=O) groups excluding carboxylic acids is 3. The highest BCUT2D eigenvalue weighted by Gasteiger charge is 2.56. The highest BCUT2D eigenvalue weighted by Crippen LogP contribution is 2.33. The summed E-state index contributed by atoms with van der Waals surface area (Å²) >= 11 is 0. The predicted octanol–water partition coefficient (Wildman–Crippen LogP) is 0.684. The Morgan fingerprint density at radius 2 is 2.04 bits per heavy atom. The fourth-order valence-electron chi connectivity index (χ4n) is 2.88. The molecule has 1 N–H and O–H groups in total. The number of amides is 2. The number of esters is 1. The number of hydrogen-bond acceptors (Lipinski definition) is 6. The van der Waals surface area contributed by atoms with Crippen LogP contribution in [0.3, 0.4) is 0 Å². The zero-order chi connectivity index (χ0) is 16.7. The average Bonchev–Trinajstić information content (AvgIpc) is 3.05. The second kappa shape index (κ2) is 5.49. The Morgan fingerprint density at radius 1 is 1.30 bits per heavy atom. The summed E-state index contributed by atoms with van der Waals surface area (Å²) in [6, 6.07) is 4.58. The van der Waals surface area contributed by atoms with Crippen molar-refractivity contribution in [3.63, 3.8) is 0 Å². The van der Waals surface area contributed by atoms with Gasteiger partial charge in [0.1, 0.15) is 12.0 Å². The molecule has 1 fully saturated rings. The number of ether oxygens (including phenoxy) is 1. The molecule has 2 atom stereocenters. The van der Waals surface area contributed by atoms with Gasteiger partial charge in [0.25, 0.3) is 5.91 Å². The number of nitrogens with zero attached hydrogens (tertiary/aromatic N) is 2. The number of aryl methyl sites for hydroxylation is 1. The van der Waals surface area contributed by atoms with Crippen LogP contribution in [0, 0.1) is 19.8 Å². The number of hydrogen-bond donors (Lipinski definition) is 1. The molecule has 1 aromatic rings. The van der Waals surface area contributed by atoms with E-state index in [4.69, 9.17) is 4.74 Å². The fourth-order valence-corrected chi connectivity index (χ4v) is 2.88. The first-order chi connectivity index (χ1) is 11.0. The number of benzene rings is 1. The van der Waals surface area contributed by atoms with E-state index in [1.165, 1.54) is 0 Å². The quantitative estimate of drug-likeness (QED) is 0.655. The van der Waals surface area contributed by atoms with Crippen LogP contribution < -0.4 is 10.3 Å². The molecule has 2 aliphatic heterocycles. The number of imide groups is 1. The third-order valence-electron chi connectivity index (χ3n) is 4.23. The van der Waals surface area contributed by atoms with Crippen molar-refractivity contribution < 1.29 is 19.1 Å². The molecule has 2 heterocycles. The summed E-state index contributed by atoms with van der Waals surface area (Å²) < 4.78 is 4.91. The van der Waals surface area contributed by atoms with E-state index in [1.807, 2.05) is 19.9 Å². The van der Waals surface area contributed by atoms with E-state index in [9.17, 15) is 14.4 Å². The van der Waals surface area contributed by atoms with Crippen LogP contribution in [-0.2, 0) is 19.1 Å². The van der Waals surface area contributed by atoms with Crippen LogP contribution in [0.2, 0.25) is 0 Å². The van der Waals surface area contributed by atoms with Crippen LogP contribution in [0.25, 0.3) is 0 Å². The molecule has 0 unspecified atom stereocenters. The molecule has 0 spiro atoms. The van der Waals surface area contributed by atoms with E-state index < -0.39 is 29.7 Å². The lowest BCUT2D eigenvalue weighted by Gasteiger charge is -2.19. The van der Waals surface area contributed by atoms with Crippen molar-refractivity contribution in [2.24, 2.45) is 11.0 Å². The maximum absolute atomic E-state index is 12.8. The third kappa shape index (κ3) is 2.19. The average molecular weight is 315 g/mol. The largest absolute Gasteiger partial charge is 0.461 e. The Morgan fingerprint density at radius 3 is 2.74 bits per heavy atom. The van der Waals surface area contributed by atoms with Crippen molar-refractivity contribution in [1.29, 1.82) is 0 Å². The van der Waals surface area contributed by atoms with Gasteiger partial charge in [-0.05, 0) is 38.0 Å². The molecule has 0 bridgehead atoms. The number of hydrazone groups is 1. The fraction of sp³-hybridized carbons (Fsp3) is 0.375. The number of nitrogens with one attached hydrogen (secondary N) is 1. The molecule has 1 aromatic carbocycles. The molecule has 3 rings (SSSR count). The molecule has 23 heavy (non-hydrogen) atoms. The molecule has 7 nitrogen and oxygen atoms in total. The van der Waals surface area contributed by atoms with Crippen molar-refractivity contribution in [3.8, 4) is 0 Å². The van der Waals surface area contributed by atoms with E-state index in [0.29, 0.717) is 5.69 Å². The van der Waals surface area contributed by atoms with Crippen molar-refractivity contribution in [2.75, 3.05) is 11.5 Å². The SMILES string of the molecule is CCOC(=O)C1=NN[C@@H]2C(=O)N(c3cccc(C)c3C)C(=O)[C@@H]12. The summed E-state index contributed by atoms with van der Waals surface area (Å²) in [6.45, 7) is 5.61. The van der Waals surface area contributed by atoms with Crippen LogP contribution in [0.4, 0.5) is 5.69 Å². The highest BCUT2D eigenvalue weighted by molar-refractivity contribution is 6.46. The van der Waals surface area contributed by atoms with Crippen molar-refractivity contribution in [2.45, 2.75) is 26.8 Å². The Kier molecular flexibility index (Phi) is 3.63. The van der Waals surface area contributed by atoms with Gasteiger partial charge < -0.3 is 4.74 Å². The lowest BCUT2D eigenvalue weighted by Crippen LogP contribution is -2.36. The second-order valence-corrected chi connectivity index (χ2v) is 5.53. The van der Waals surface area contributed by atoms with Gasteiger partial charge in [0.05, 0.1) is 12.3 Å². The topological polar surface area (TPSA) is 88.1 Å². The van der Waals surface area contributed by atoms with Crippen LogP contribution >= 0.6 is 0 Å². The monoisotopic (exact) mass is 315 g/mol. The molecule has 7 heteroatoms. The molecule has 1 saturated heterocycles. The molecule has 0 aromatic heterocycles. The summed E-state index contributed by atoms with van der Waals surface area (Å²) in [4.78, 5) is 38.4. The number of fused-ring (bicyclic) bond motifs is 1. The maximum atomic E-state index is 12.8. The Bertz CT molecular complexity index is 741. The molecular weight excluding hydrogens is 298 g/mol. The molecule has 2 amide bonds. The minimum absolute atomic E-state index is 0.0389. The van der Waals surface area contributed by atoms with Gasteiger partial charge in [0, 0.05) is 0 Å². The van der Waals surface area contributed by atoms with Crippen molar-refractivity contribution in [1.82, 2.24) is 5.43 Å². The first-order valence-corrected chi connectivity index (χ1v) is 7.41. The normalized spacial score (nSPS) is 22.7. The summed E-state index contributed by atoms with van der Waals surface area (Å²) in [6.07, 6.45) is 0. The number of carbonyl (C=O) groups is 3. The minimum atomic E-state index is -0.929. The highest BCUT2D eigenvalue weighted by atomic mass is 16.5. The summed E-state index contributed by atoms with van der Waals surface area (Å²) in [5.41, 5.74) is 4.93. The first kappa shape index (κ1) is 15.2. The van der Waals surface area contributed by atoms with Crippen molar-refractivity contribution in [3.05, 3.63) is 29.3 Å². The summed E-state index contributed by atoms with van der Waals surface area (Å²) in [7, 11) is 0. The predicted molar refractivity (Wildman–Crippen MR) is 82.9 cm³/mol. The smallest absolute Gasteiger partial charge is 0.355 e.